The molecule has 0 spiro atoms. The van der Waals surface area contributed by atoms with Crippen LogP contribution in [0, 0.1) is 11.8 Å². The first-order chi connectivity index (χ1) is 11.2. The van der Waals surface area contributed by atoms with Crippen LogP contribution in [0.15, 0.2) is 18.2 Å². The van der Waals surface area contributed by atoms with E-state index < -0.39 is 18.4 Å². The van der Waals surface area contributed by atoms with Gasteiger partial charge in [-0.25, -0.2) is 0 Å². The first kappa shape index (κ1) is 22.4. The molecular formula is C22H43BSn. The fourth-order valence-electron chi connectivity index (χ4n) is 4.61. The quantitative estimate of drug-likeness (QED) is 0.307. The van der Waals surface area contributed by atoms with Crippen molar-refractivity contribution in [3.8, 4) is 0 Å². The Balaban J connectivity index is 3.34. The average molecular weight is 437 g/mol. The van der Waals surface area contributed by atoms with Crippen molar-refractivity contribution in [3.63, 3.8) is 0 Å². The van der Waals surface area contributed by atoms with Crippen molar-refractivity contribution in [3.05, 3.63) is 18.2 Å². The van der Waals surface area contributed by atoms with E-state index in [0.29, 0.717) is 0 Å². The van der Waals surface area contributed by atoms with Crippen molar-refractivity contribution in [2.45, 2.75) is 103 Å². The molecule has 138 valence electrons. The van der Waals surface area contributed by atoms with Gasteiger partial charge >= 0.3 is 158 Å². The van der Waals surface area contributed by atoms with Gasteiger partial charge in [0, 0.05) is 0 Å². The summed E-state index contributed by atoms with van der Waals surface area (Å²) in [5.74, 6) is 1.65. The number of allylic oxidation sites excluding steroid dienone is 4. The predicted molar refractivity (Wildman–Crippen MR) is 117 cm³/mol. The van der Waals surface area contributed by atoms with Crippen LogP contribution in [0.1, 0.15) is 80.6 Å². The molecule has 1 heterocycles. The van der Waals surface area contributed by atoms with E-state index in [2.05, 4.69) is 58.3 Å². The normalized spacial score (nSPS) is 17.6. The second-order valence-electron chi connectivity index (χ2n) is 9.21. The molecule has 24 heavy (non-hydrogen) atoms. The molecule has 0 atom stereocenters. The molecule has 0 saturated carbocycles. The van der Waals surface area contributed by atoms with Gasteiger partial charge in [-0.15, -0.1) is 0 Å². The second kappa shape index (κ2) is 9.88. The van der Waals surface area contributed by atoms with Crippen LogP contribution in [0.5, 0.6) is 0 Å². The van der Waals surface area contributed by atoms with Crippen LogP contribution in [0.2, 0.25) is 22.5 Å². The molecule has 0 aromatic heterocycles. The predicted octanol–water partition coefficient (Wildman–Crippen LogP) is 7.74. The Labute approximate surface area is 157 Å². The summed E-state index contributed by atoms with van der Waals surface area (Å²) in [7, 11) is 0. The van der Waals surface area contributed by atoms with E-state index in [-0.39, 0.29) is 0 Å². The average Bonchev–Trinajstić information content (AvgIpc) is 2.71. The second-order valence-corrected chi connectivity index (χ2v) is 21.9. The van der Waals surface area contributed by atoms with Gasteiger partial charge in [-0.2, -0.15) is 0 Å². The third-order valence-corrected chi connectivity index (χ3v) is 17.9. The summed E-state index contributed by atoms with van der Waals surface area (Å²) < 4.78 is 3.99. The monoisotopic (exact) mass is 438 g/mol. The van der Waals surface area contributed by atoms with E-state index in [0.717, 1.165) is 18.5 Å². The minimum atomic E-state index is -2.29. The molecule has 0 radical (unpaired) electrons. The van der Waals surface area contributed by atoms with Gasteiger partial charge in [0.1, 0.15) is 0 Å². The van der Waals surface area contributed by atoms with E-state index in [9.17, 15) is 0 Å². The fourth-order valence-corrected chi connectivity index (χ4v) is 16.0. The molecule has 0 nitrogen and oxygen atoms in total. The third kappa shape index (κ3) is 5.18. The van der Waals surface area contributed by atoms with Gasteiger partial charge in [-0.1, -0.05) is 0 Å². The van der Waals surface area contributed by atoms with E-state index in [4.69, 9.17) is 0 Å². The Morgan fingerprint density at radius 2 is 1.25 bits per heavy atom. The Kier molecular flexibility index (Phi) is 9.22. The number of hydrogen-bond acceptors (Lipinski definition) is 0. The Hall–Kier alpha value is 0.344. The molecule has 2 heteroatoms. The van der Waals surface area contributed by atoms with Gasteiger partial charge in [-0.05, 0) is 0 Å². The Bertz CT molecular complexity index is 464. The van der Waals surface area contributed by atoms with Crippen LogP contribution in [-0.4, -0.2) is 25.1 Å². The molecule has 0 N–H and O–H groups in total. The summed E-state index contributed by atoms with van der Waals surface area (Å²) in [4.78, 5) is 5.45. The summed E-state index contributed by atoms with van der Waals surface area (Å²) in [5.41, 5.74) is 3.71. The summed E-state index contributed by atoms with van der Waals surface area (Å²) in [6.45, 7) is 17.6. The first-order valence-electron chi connectivity index (χ1n) is 10.7. The van der Waals surface area contributed by atoms with Crippen molar-refractivity contribution in [1.82, 2.24) is 0 Å². The van der Waals surface area contributed by atoms with Crippen LogP contribution in [-0.2, 0) is 0 Å². The van der Waals surface area contributed by atoms with Gasteiger partial charge in [0.2, 0.25) is 0 Å². The van der Waals surface area contributed by atoms with Crippen molar-refractivity contribution in [2.24, 2.45) is 11.8 Å². The standard InChI is InChI=1S/C20H37B.2CH3.Sn/c1-8-19(15-11-13-17(4)5)20(21(9-2)10-3)16-12-14-18(6)7;;;/h17-18H,8-14H2,1-7H3;2*1H3;. The van der Waals surface area contributed by atoms with Crippen molar-refractivity contribution in [2.75, 3.05) is 0 Å². The molecule has 0 fully saturated rings. The van der Waals surface area contributed by atoms with Gasteiger partial charge in [-0.3, -0.25) is 0 Å². The van der Waals surface area contributed by atoms with Gasteiger partial charge in [0.15, 0.2) is 0 Å². The van der Waals surface area contributed by atoms with Crippen LogP contribution < -0.4 is 0 Å². The maximum atomic E-state index is 2.73. The van der Waals surface area contributed by atoms with E-state index in [1.165, 1.54) is 44.7 Å². The van der Waals surface area contributed by atoms with Crippen LogP contribution >= 0.6 is 0 Å². The molecule has 0 saturated heterocycles. The van der Waals surface area contributed by atoms with E-state index in [1.54, 1.807) is 0 Å². The molecule has 0 aromatic carbocycles. The van der Waals surface area contributed by atoms with Crippen molar-refractivity contribution < 1.29 is 0 Å². The van der Waals surface area contributed by atoms with E-state index >= 15 is 0 Å². The van der Waals surface area contributed by atoms with Crippen LogP contribution in [0.3, 0.4) is 0 Å². The Morgan fingerprint density at radius 3 is 1.62 bits per heavy atom. The molecule has 1 aliphatic heterocycles. The topological polar surface area (TPSA) is 0 Å². The number of hydrogen-bond donors (Lipinski definition) is 0. The zero-order chi connectivity index (χ0) is 18.5. The molecule has 0 aromatic rings. The molecule has 0 amide bonds. The molecule has 1 aliphatic rings. The zero-order valence-electron chi connectivity index (χ0n) is 18.2. The zero-order valence-corrected chi connectivity index (χ0v) is 21.0. The van der Waals surface area contributed by atoms with Gasteiger partial charge in [0.25, 0.3) is 0 Å². The van der Waals surface area contributed by atoms with E-state index in [1.807, 2.05) is 18.2 Å². The van der Waals surface area contributed by atoms with Crippen LogP contribution in [0.4, 0.5) is 0 Å². The SMILES string of the molecule is CCB(CC)C1=[C](CCC(C)C)[Sn]([CH3])([CH3])[C](CCC(C)C)=C1CC. The number of rotatable bonds is 10. The summed E-state index contributed by atoms with van der Waals surface area (Å²) >= 11 is -2.29. The van der Waals surface area contributed by atoms with Gasteiger partial charge in [0.05, 0.1) is 0 Å². The maximum absolute atomic E-state index is 2.73. The third-order valence-electron chi connectivity index (χ3n) is 6.21. The summed E-state index contributed by atoms with van der Waals surface area (Å²) in [5, 5.41) is 0. The van der Waals surface area contributed by atoms with Crippen molar-refractivity contribution in [1.29, 1.82) is 0 Å². The first-order valence-corrected chi connectivity index (χ1v) is 19.2. The minimum absolute atomic E-state index is 0.814. The molecule has 1 rings (SSSR count). The molecule has 0 aliphatic carbocycles. The molecule has 0 bridgehead atoms. The van der Waals surface area contributed by atoms with Gasteiger partial charge < -0.3 is 0 Å². The Morgan fingerprint density at radius 1 is 0.792 bits per heavy atom. The molecule has 0 unspecified atom stereocenters. The molecular weight excluding hydrogens is 394 g/mol. The van der Waals surface area contributed by atoms with Crippen LogP contribution in [0.25, 0.3) is 0 Å². The fraction of sp³-hybridized carbons (Fsp3) is 0.818. The summed E-state index contributed by atoms with van der Waals surface area (Å²) in [6.07, 6.45) is 9.45. The van der Waals surface area contributed by atoms with Crippen molar-refractivity contribution >= 4 is 25.1 Å². The summed E-state index contributed by atoms with van der Waals surface area (Å²) in [6, 6.07) is 0.